The molecule has 1 saturated heterocycles. The van der Waals surface area contributed by atoms with E-state index < -0.39 is 17.3 Å². The molecule has 224 valence electrons. The predicted molar refractivity (Wildman–Crippen MR) is 154 cm³/mol. The van der Waals surface area contributed by atoms with Crippen molar-refractivity contribution in [3.8, 4) is 0 Å². The van der Waals surface area contributed by atoms with Crippen LogP contribution in [0.25, 0.3) is 16.6 Å². The van der Waals surface area contributed by atoms with E-state index in [0.29, 0.717) is 58.1 Å². The van der Waals surface area contributed by atoms with Crippen LogP contribution in [0.15, 0.2) is 48.5 Å². The van der Waals surface area contributed by atoms with Crippen LogP contribution in [0.1, 0.15) is 54.5 Å². The van der Waals surface area contributed by atoms with Gasteiger partial charge in [-0.2, -0.15) is 13.2 Å². The molecule has 0 aliphatic carbocycles. The number of halogens is 3. The van der Waals surface area contributed by atoms with E-state index in [1.807, 2.05) is 56.7 Å². The van der Waals surface area contributed by atoms with E-state index in [9.17, 15) is 22.8 Å². The van der Waals surface area contributed by atoms with Crippen LogP contribution < -0.4 is 0 Å². The Hall–Kier alpha value is -3.86. The molecule has 0 radical (unpaired) electrons. The molecule has 3 heterocycles. The smallest absolute Gasteiger partial charge is 0.416 e. The molecule has 0 atom stereocenters. The standard InChI is InChI=1S/C31H36F3N5O3/c1-30(2,3)42-29(41)39-13-11-22(12-14-39)23-7-10-26-25(19-23)35-27(36(26)4)28(40)38-17-15-37(16-18-38)20-21-5-8-24(9-6-21)31(32,33)34/h5-11,19H,12-18,20H2,1-4H3. The molecule has 1 aromatic heterocycles. The highest BCUT2D eigenvalue weighted by Gasteiger charge is 2.30. The van der Waals surface area contributed by atoms with Crippen molar-refractivity contribution in [2.45, 2.75) is 45.5 Å². The summed E-state index contributed by atoms with van der Waals surface area (Å²) in [5, 5.41) is 0. The number of ether oxygens (including phenoxy) is 1. The van der Waals surface area contributed by atoms with Gasteiger partial charge in [0, 0.05) is 52.9 Å². The van der Waals surface area contributed by atoms with Gasteiger partial charge in [-0.15, -0.1) is 0 Å². The van der Waals surface area contributed by atoms with Crippen LogP contribution in [0.2, 0.25) is 0 Å². The third kappa shape index (κ3) is 6.61. The van der Waals surface area contributed by atoms with Crippen LogP contribution in [-0.2, 0) is 24.5 Å². The normalized spacial score (nSPS) is 17.0. The van der Waals surface area contributed by atoms with Gasteiger partial charge in [-0.1, -0.05) is 24.3 Å². The molecule has 0 saturated carbocycles. The number of carbonyl (C=O) groups is 2. The van der Waals surface area contributed by atoms with Gasteiger partial charge >= 0.3 is 12.3 Å². The van der Waals surface area contributed by atoms with Crippen LogP contribution in [0.4, 0.5) is 18.0 Å². The molecule has 0 bridgehead atoms. The molecule has 2 aliphatic heterocycles. The number of imidazole rings is 1. The molecule has 11 heteroatoms. The van der Waals surface area contributed by atoms with Gasteiger partial charge in [0.2, 0.25) is 0 Å². The van der Waals surface area contributed by atoms with Crippen LogP contribution in [0, 0.1) is 0 Å². The monoisotopic (exact) mass is 583 g/mol. The summed E-state index contributed by atoms with van der Waals surface area (Å²) >= 11 is 0. The Bertz CT molecular complexity index is 1500. The number of hydrogen-bond acceptors (Lipinski definition) is 5. The molecule has 5 rings (SSSR count). The molecule has 0 unspecified atom stereocenters. The zero-order valence-electron chi connectivity index (χ0n) is 24.4. The Labute approximate surface area is 243 Å². The Balaban J connectivity index is 1.21. The Morgan fingerprint density at radius 3 is 2.21 bits per heavy atom. The molecular weight excluding hydrogens is 547 g/mol. The lowest BCUT2D eigenvalue weighted by atomic mass is 9.99. The van der Waals surface area contributed by atoms with Crippen molar-refractivity contribution in [3.05, 3.63) is 71.1 Å². The largest absolute Gasteiger partial charge is 0.444 e. The summed E-state index contributed by atoms with van der Waals surface area (Å²) in [7, 11) is 1.84. The zero-order valence-corrected chi connectivity index (χ0v) is 24.4. The van der Waals surface area contributed by atoms with Crippen LogP contribution in [-0.4, -0.2) is 81.1 Å². The fraction of sp³-hybridized carbons (Fsp3) is 0.452. The Morgan fingerprint density at radius 1 is 0.929 bits per heavy atom. The third-order valence-electron chi connectivity index (χ3n) is 7.65. The first-order chi connectivity index (χ1) is 19.8. The second-order valence-corrected chi connectivity index (χ2v) is 11.9. The molecule has 2 aromatic carbocycles. The fourth-order valence-electron chi connectivity index (χ4n) is 5.32. The first-order valence-corrected chi connectivity index (χ1v) is 14.1. The highest BCUT2D eigenvalue weighted by molar-refractivity contribution is 5.95. The molecule has 1 fully saturated rings. The lowest BCUT2D eigenvalue weighted by molar-refractivity contribution is -0.137. The van der Waals surface area contributed by atoms with E-state index in [1.165, 1.54) is 12.1 Å². The van der Waals surface area contributed by atoms with Gasteiger partial charge in [0.1, 0.15) is 5.60 Å². The first-order valence-electron chi connectivity index (χ1n) is 14.1. The fourth-order valence-corrected chi connectivity index (χ4v) is 5.32. The molecule has 0 spiro atoms. The second kappa shape index (κ2) is 11.4. The SMILES string of the molecule is Cn1c(C(=O)N2CCN(Cc3ccc(C(F)(F)F)cc3)CC2)nc2cc(C3=CCN(C(=O)OC(C)(C)C)CC3)ccc21. The van der Waals surface area contributed by atoms with Gasteiger partial charge in [-0.25, -0.2) is 9.78 Å². The van der Waals surface area contributed by atoms with Crippen molar-refractivity contribution in [3.63, 3.8) is 0 Å². The molecule has 3 aromatic rings. The third-order valence-corrected chi connectivity index (χ3v) is 7.65. The number of amides is 2. The van der Waals surface area contributed by atoms with Crippen LogP contribution >= 0.6 is 0 Å². The van der Waals surface area contributed by atoms with Gasteiger partial charge < -0.3 is 19.1 Å². The lowest BCUT2D eigenvalue weighted by Gasteiger charge is -2.34. The number of benzene rings is 2. The Kier molecular flexibility index (Phi) is 8.06. The van der Waals surface area contributed by atoms with Crippen LogP contribution in [0.5, 0.6) is 0 Å². The minimum absolute atomic E-state index is 0.144. The topological polar surface area (TPSA) is 70.9 Å². The average molecular weight is 584 g/mol. The van der Waals surface area contributed by atoms with E-state index >= 15 is 0 Å². The van der Waals surface area contributed by atoms with Gasteiger partial charge in [0.15, 0.2) is 5.82 Å². The van der Waals surface area contributed by atoms with E-state index in [2.05, 4.69) is 4.90 Å². The molecule has 2 aliphatic rings. The number of rotatable bonds is 4. The van der Waals surface area contributed by atoms with Crippen molar-refractivity contribution < 1.29 is 27.5 Å². The summed E-state index contributed by atoms with van der Waals surface area (Å²) in [6.07, 6.45) is -1.93. The average Bonchev–Trinajstić information content (AvgIpc) is 3.27. The van der Waals surface area contributed by atoms with Gasteiger partial charge in [-0.3, -0.25) is 9.69 Å². The molecule has 42 heavy (non-hydrogen) atoms. The predicted octanol–water partition coefficient (Wildman–Crippen LogP) is 5.57. The summed E-state index contributed by atoms with van der Waals surface area (Å²) in [6.45, 7) is 9.38. The maximum absolute atomic E-state index is 13.4. The van der Waals surface area contributed by atoms with E-state index in [0.717, 1.165) is 39.9 Å². The van der Waals surface area contributed by atoms with Crippen molar-refractivity contribution in [1.82, 2.24) is 24.3 Å². The molecule has 2 amide bonds. The quantitative estimate of drug-likeness (QED) is 0.402. The maximum atomic E-state index is 13.4. The number of aryl methyl sites for hydroxylation is 1. The summed E-state index contributed by atoms with van der Waals surface area (Å²) in [5.74, 6) is 0.223. The number of piperazine rings is 1. The highest BCUT2D eigenvalue weighted by Crippen LogP contribution is 2.30. The number of hydrogen-bond donors (Lipinski definition) is 0. The summed E-state index contributed by atoms with van der Waals surface area (Å²) in [6, 6.07) is 11.2. The number of carbonyl (C=O) groups excluding carboxylic acids is 2. The first kappa shape index (κ1) is 29.6. The van der Waals surface area contributed by atoms with Crippen molar-refractivity contribution in [1.29, 1.82) is 0 Å². The lowest BCUT2D eigenvalue weighted by Crippen LogP contribution is -2.48. The van der Waals surface area contributed by atoms with E-state index in [1.54, 1.807) is 9.80 Å². The van der Waals surface area contributed by atoms with Gasteiger partial charge in [0.25, 0.3) is 5.91 Å². The Morgan fingerprint density at radius 2 is 1.62 bits per heavy atom. The number of alkyl halides is 3. The van der Waals surface area contributed by atoms with Gasteiger partial charge in [-0.05, 0) is 68.2 Å². The summed E-state index contributed by atoms with van der Waals surface area (Å²) in [5.41, 5.74) is 3.34. The van der Waals surface area contributed by atoms with Crippen LogP contribution in [0.3, 0.4) is 0 Å². The van der Waals surface area contributed by atoms with Crippen molar-refractivity contribution >= 4 is 28.6 Å². The number of aromatic nitrogens is 2. The number of nitrogens with zero attached hydrogens (tertiary/aromatic N) is 5. The molecular formula is C31H36F3N5O3. The summed E-state index contributed by atoms with van der Waals surface area (Å²) in [4.78, 5) is 36.1. The van der Waals surface area contributed by atoms with Crippen molar-refractivity contribution in [2.24, 2.45) is 7.05 Å². The zero-order chi connectivity index (χ0) is 30.2. The van der Waals surface area contributed by atoms with E-state index in [-0.39, 0.29) is 12.0 Å². The van der Waals surface area contributed by atoms with E-state index in [4.69, 9.17) is 9.72 Å². The minimum atomic E-state index is -4.35. The second-order valence-electron chi connectivity index (χ2n) is 11.9. The van der Waals surface area contributed by atoms with Crippen molar-refractivity contribution in [2.75, 3.05) is 39.3 Å². The molecule has 0 N–H and O–H groups in total. The molecule has 8 nitrogen and oxygen atoms in total. The van der Waals surface area contributed by atoms with Gasteiger partial charge in [0.05, 0.1) is 16.6 Å². The maximum Gasteiger partial charge on any atom is 0.416 e. The summed E-state index contributed by atoms with van der Waals surface area (Å²) < 4.78 is 45.8. The highest BCUT2D eigenvalue weighted by atomic mass is 19.4. The number of fused-ring (bicyclic) bond motifs is 1. The minimum Gasteiger partial charge on any atom is -0.444 e.